The van der Waals surface area contributed by atoms with Crippen LogP contribution in [0.25, 0.3) is 0 Å². The van der Waals surface area contributed by atoms with Crippen molar-refractivity contribution in [2.45, 2.75) is 30.8 Å². The lowest BCUT2D eigenvalue weighted by Gasteiger charge is -2.28. The quantitative estimate of drug-likeness (QED) is 0.774. The minimum absolute atomic E-state index is 0.208. The van der Waals surface area contributed by atoms with E-state index in [1.807, 2.05) is 56.5 Å². The fourth-order valence-corrected chi connectivity index (χ4v) is 2.89. The Labute approximate surface area is 148 Å². The first kappa shape index (κ1) is 18.2. The Kier molecular flexibility index (Phi) is 6.15. The van der Waals surface area contributed by atoms with Gasteiger partial charge < -0.3 is 15.4 Å². The van der Waals surface area contributed by atoms with Crippen molar-refractivity contribution in [3.63, 3.8) is 0 Å². The van der Waals surface area contributed by atoms with Crippen LogP contribution in [-0.4, -0.2) is 19.4 Å². The highest BCUT2D eigenvalue weighted by atomic mass is 32.2. The molecule has 2 N–H and O–H groups in total. The molecule has 0 saturated carbocycles. The number of carbonyl (C=O) groups is 1. The van der Waals surface area contributed by atoms with Gasteiger partial charge in [-0.25, -0.2) is 4.79 Å². The lowest BCUT2D eigenvalue weighted by atomic mass is 9.93. The van der Waals surface area contributed by atoms with Crippen LogP contribution in [0.1, 0.15) is 25.0 Å². The first-order valence-electron chi connectivity index (χ1n) is 7.78. The van der Waals surface area contributed by atoms with Crippen LogP contribution in [-0.2, 0) is 12.1 Å². The summed E-state index contributed by atoms with van der Waals surface area (Å²) >= 11 is 1.70. The van der Waals surface area contributed by atoms with Gasteiger partial charge in [-0.2, -0.15) is 0 Å². The van der Waals surface area contributed by atoms with Crippen molar-refractivity contribution in [3.05, 3.63) is 59.7 Å². The molecule has 2 aromatic carbocycles. The van der Waals surface area contributed by atoms with E-state index >= 15 is 0 Å². The summed E-state index contributed by atoms with van der Waals surface area (Å²) in [6, 6.07) is 15.7. The molecule has 0 fully saturated rings. The number of carbonyl (C=O) groups excluding carboxylic acids is 1. The standard InChI is InChI=1S/C19H24N2O2S/c1-19(2,16-7-5-6-8-17(16)23-3)21-18(22)20-13-14-9-11-15(24-4)12-10-14/h5-12H,13H2,1-4H3,(H2,20,21,22). The third kappa shape index (κ3) is 4.68. The van der Waals surface area contributed by atoms with E-state index < -0.39 is 5.54 Å². The molecule has 0 saturated heterocycles. The van der Waals surface area contributed by atoms with Crippen LogP contribution >= 0.6 is 11.8 Å². The molecule has 2 aromatic rings. The molecule has 4 nitrogen and oxygen atoms in total. The second-order valence-electron chi connectivity index (χ2n) is 5.98. The van der Waals surface area contributed by atoms with Crippen molar-refractivity contribution in [1.82, 2.24) is 10.6 Å². The Hall–Kier alpha value is -2.14. The van der Waals surface area contributed by atoms with E-state index in [1.165, 1.54) is 4.90 Å². The summed E-state index contributed by atoms with van der Waals surface area (Å²) in [5.41, 5.74) is 1.46. The van der Waals surface area contributed by atoms with Crippen molar-refractivity contribution in [3.8, 4) is 5.75 Å². The summed E-state index contributed by atoms with van der Waals surface area (Å²) in [5, 5.41) is 5.91. The zero-order valence-electron chi connectivity index (χ0n) is 14.6. The van der Waals surface area contributed by atoms with E-state index in [4.69, 9.17) is 4.74 Å². The maximum Gasteiger partial charge on any atom is 0.315 e. The maximum absolute atomic E-state index is 12.3. The number of para-hydroxylation sites is 1. The van der Waals surface area contributed by atoms with E-state index in [-0.39, 0.29) is 6.03 Å². The molecule has 0 aliphatic carbocycles. The maximum atomic E-state index is 12.3. The monoisotopic (exact) mass is 344 g/mol. The molecule has 0 radical (unpaired) electrons. The molecule has 0 bridgehead atoms. The van der Waals surface area contributed by atoms with Crippen LogP contribution in [0.5, 0.6) is 5.75 Å². The summed E-state index contributed by atoms with van der Waals surface area (Å²) in [4.78, 5) is 13.5. The SMILES string of the molecule is COc1ccccc1C(C)(C)NC(=O)NCc1ccc(SC)cc1. The molecular weight excluding hydrogens is 320 g/mol. The van der Waals surface area contributed by atoms with Crippen molar-refractivity contribution in [2.24, 2.45) is 0 Å². The van der Waals surface area contributed by atoms with Crippen molar-refractivity contribution in [1.29, 1.82) is 0 Å². The van der Waals surface area contributed by atoms with Gasteiger partial charge in [-0.3, -0.25) is 0 Å². The normalized spacial score (nSPS) is 11.0. The number of ether oxygens (including phenoxy) is 1. The Bertz CT molecular complexity index is 684. The lowest BCUT2D eigenvalue weighted by Crippen LogP contribution is -2.46. The van der Waals surface area contributed by atoms with E-state index in [9.17, 15) is 4.79 Å². The van der Waals surface area contributed by atoms with E-state index in [0.717, 1.165) is 16.9 Å². The zero-order chi connectivity index (χ0) is 17.6. The predicted octanol–water partition coefficient (Wildman–Crippen LogP) is 4.15. The number of rotatable bonds is 6. The fourth-order valence-electron chi connectivity index (χ4n) is 2.48. The van der Waals surface area contributed by atoms with Gasteiger partial charge in [-0.05, 0) is 43.9 Å². The summed E-state index contributed by atoms with van der Waals surface area (Å²) < 4.78 is 5.39. The van der Waals surface area contributed by atoms with Crippen LogP contribution in [0.15, 0.2) is 53.4 Å². The number of hydrogen-bond acceptors (Lipinski definition) is 3. The number of hydrogen-bond donors (Lipinski definition) is 2. The van der Waals surface area contributed by atoms with Gasteiger partial charge in [0.1, 0.15) is 5.75 Å². The average Bonchev–Trinajstić information content (AvgIpc) is 2.60. The minimum atomic E-state index is -0.542. The minimum Gasteiger partial charge on any atom is -0.496 e. The van der Waals surface area contributed by atoms with E-state index in [1.54, 1.807) is 18.9 Å². The van der Waals surface area contributed by atoms with Crippen molar-refractivity contribution in [2.75, 3.05) is 13.4 Å². The third-order valence-corrected chi connectivity index (χ3v) is 4.56. The Morgan fingerprint density at radius 3 is 2.42 bits per heavy atom. The first-order chi connectivity index (χ1) is 11.5. The molecule has 0 aliphatic heterocycles. The number of urea groups is 1. The number of amides is 2. The van der Waals surface area contributed by atoms with E-state index in [0.29, 0.717) is 6.54 Å². The number of benzene rings is 2. The highest BCUT2D eigenvalue weighted by Gasteiger charge is 2.25. The van der Waals surface area contributed by atoms with Crippen LogP contribution in [0, 0.1) is 0 Å². The first-order valence-corrected chi connectivity index (χ1v) is 9.01. The fraction of sp³-hybridized carbons (Fsp3) is 0.316. The van der Waals surface area contributed by atoms with Crippen LogP contribution in [0.3, 0.4) is 0 Å². The van der Waals surface area contributed by atoms with Crippen molar-refractivity contribution >= 4 is 17.8 Å². The lowest BCUT2D eigenvalue weighted by molar-refractivity contribution is 0.229. The second kappa shape index (κ2) is 8.11. The van der Waals surface area contributed by atoms with Crippen LogP contribution in [0.4, 0.5) is 4.79 Å². The third-order valence-electron chi connectivity index (χ3n) is 3.82. The summed E-state index contributed by atoms with van der Waals surface area (Å²) in [6.07, 6.45) is 2.04. The molecule has 0 unspecified atom stereocenters. The van der Waals surface area contributed by atoms with Gasteiger partial charge in [0.05, 0.1) is 12.6 Å². The molecule has 2 amide bonds. The van der Waals surface area contributed by atoms with Gasteiger partial charge in [0, 0.05) is 17.0 Å². The number of thioether (sulfide) groups is 1. The second-order valence-corrected chi connectivity index (χ2v) is 6.86. The smallest absolute Gasteiger partial charge is 0.315 e. The van der Waals surface area contributed by atoms with Gasteiger partial charge in [0.25, 0.3) is 0 Å². The van der Waals surface area contributed by atoms with Gasteiger partial charge in [-0.1, -0.05) is 30.3 Å². The molecule has 0 spiro atoms. The molecular formula is C19H24N2O2S. The molecule has 0 atom stereocenters. The van der Waals surface area contributed by atoms with E-state index in [2.05, 4.69) is 22.8 Å². The van der Waals surface area contributed by atoms with Gasteiger partial charge >= 0.3 is 6.03 Å². The molecule has 0 aromatic heterocycles. The Morgan fingerprint density at radius 2 is 1.79 bits per heavy atom. The molecule has 0 heterocycles. The topological polar surface area (TPSA) is 50.4 Å². The van der Waals surface area contributed by atoms with Crippen LogP contribution < -0.4 is 15.4 Å². The molecule has 0 aliphatic rings. The molecule has 5 heteroatoms. The molecule has 128 valence electrons. The van der Waals surface area contributed by atoms with Gasteiger partial charge in [0.15, 0.2) is 0 Å². The summed E-state index contributed by atoms with van der Waals surface area (Å²) in [6.45, 7) is 4.40. The molecule has 24 heavy (non-hydrogen) atoms. The predicted molar refractivity (Wildman–Crippen MR) is 99.6 cm³/mol. The largest absolute Gasteiger partial charge is 0.496 e. The van der Waals surface area contributed by atoms with Crippen molar-refractivity contribution < 1.29 is 9.53 Å². The Morgan fingerprint density at radius 1 is 1.12 bits per heavy atom. The number of methoxy groups -OCH3 is 1. The highest BCUT2D eigenvalue weighted by Crippen LogP contribution is 2.29. The Balaban J connectivity index is 1.97. The summed E-state index contributed by atoms with van der Waals surface area (Å²) in [5.74, 6) is 0.760. The number of nitrogens with one attached hydrogen (secondary N) is 2. The highest BCUT2D eigenvalue weighted by molar-refractivity contribution is 7.98. The molecule has 2 rings (SSSR count). The average molecular weight is 344 g/mol. The van der Waals surface area contributed by atoms with Gasteiger partial charge in [-0.15, -0.1) is 11.8 Å². The summed E-state index contributed by atoms with van der Waals surface area (Å²) in [7, 11) is 1.63. The van der Waals surface area contributed by atoms with Crippen LogP contribution in [0.2, 0.25) is 0 Å². The zero-order valence-corrected chi connectivity index (χ0v) is 15.4. The van der Waals surface area contributed by atoms with Gasteiger partial charge in [0.2, 0.25) is 0 Å².